The summed E-state index contributed by atoms with van der Waals surface area (Å²) in [6, 6.07) is 9.96. The van der Waals surface area contributed by atoms with Crippen LogP contribution < -0.4 is 4.74 Å². The molecule has 1 aromatic rings. The quantitative estimate of drug-likeness (QED) is 0.623. The summed E-state index contributed by atoms with van der Waals surface area (Å²) in [6.45, 7) is 2.06. The van der Waals surface area contributed by atoms with Crippen LogP contribution in [0.5, 0.6) is 5.75 Å². The summed E-state index contributed by atoms with van der Waals surface area (Å²) < 4.78 is 5.70. The molecule has 1 nitrogen and oxygen atoms in total. The average molecular weight is 174 g/mol. The van der Waals surface area contributed by atoms with E-state index in [0.717, 1.165) is 11.5 Å². The van der Waals surface area contributed by atoms with Crippen LogP contribution in [0, 0.1) is 0 Å². The zero-order valence-electron chi connectivity index (χ0n) is 7.92. The fourth-order valence-electron chi connectivity index (χ4n) is 1.44. The number of allylic oxidation sites excluding steroid dienone is 2. The molecule has 0 amide bonds. The topological polar surface area (TPSA) is 9.23 Å². The van der Waals surface area contributed by atoms with Crippen molar-refractivity contribution in [3.8, 4) is 5.75 Å². The van der Waals surface area contributed by atoms with Gasteiger partial charge in [-0.15, -0.1) is 0 Å². The lowest BCUT2D eigenvalue weighted by Crippen LogP contribution is -2.04. The number of ether oxygens (including phenoxy) is 1. The molecule has 0 atom stereocenters. The van der Waals surface area contributed by atoms with Crippen LogP contribution >= 0.6 is 0 Å². The molecule has 0 heterocycles. The van der Waals surface area contributed by atoms with Crippen molar-refractivity contribution < 1.29 is 4.74 Å². The second kappa shape index (κ2) is 3.65. The molecular weight excluding hydrogens is 160 g/mol. The smallest absolute Gasteiger partial charge is 0.126 e. The van der Waals surface area contributed by atoms with Crippen LogP contribution in [0.25, 0.3) is 0 Å². The van der Waals surface area contributed by atoms with Crippen LogP contribution in [0.4, 0.5) is 0 Å². The predicted molar refractivity (Wildman–Crippen MR) is 53.6 cm³/mol. The van der Waals surface area contributed by atoms with E-state index >= 15 is 0 Å². The van der Waals surface area contributed by atoms with Crippen LogP contribution in [0.3, 0.4) is 0 Å². The van der Waals surface area contributed by atoms with Crippen molar-refractivity contribution in [3.05, 3.63) is 41.7 Å². The molecule has 0 radical (unpaired) electrons. The Kier molecular flexibility index (Phi) is 2.35. The molecule has 0 N–H and O–H groups in total. The van der Waals surface area contributed by atoms with Crippen molar-refractivity contribution in [2.24, 2.45) is 0 Å². The highest BCUT2D eigenvalue weighted by molar-refractivity contribution is 5.25. The normalized spacial score (nSPS) is 15.0. The lowest BCUT2D eigenvalue weighted by Gasteiger charge is -2.19. The van der Waals surface area contributed by atoms with Crippen molar-refractivity contribution in [2.75, 3.05) is 0 Å². The van der Waals surface area contributed by atoms with Gasteiger partial charge in [0.25, 0.3) is 0 Å². The number of hydrogen-bond acceptors (Lipinski definition) is 1. The predicted octanol–water partition coefficient (Wildman–Crippen LogP) is 3.52. The molecule has 1 heteroatoms. The van der Waals surface area contributed by atoms with Gasteiger partial charge in [0.2, 0.25) is 0 Å². The largest absolute Gasteiger partial charge is 0.462 e. The summed E-state index contributed by atoms with van der Waals surface area (Å²) in [5.41, 5.74) is 1.48. The van der Waals surface area contributed by atoms with Crippen LogP contribution in [-0.2, 0) is 0 Å². The van der Waals surface area contributed by atoms with Gasteiger partial charge in [-0.2, -0.15) is 0 Å². The zero-order chi connectivity index (χ0) is 9.10. The van der Waals surface area contributed by atoms with E-state index in [1.165, 1.54) is 24.8 Å². The second-order valence-corrected chi connectivity index (χ2v) is 3.43. The first-order chi connectivity index (χ1) is 6.36. The number of hydrogen-bond donors (Lipinski definition) is 0. The minimum absolute atomic E-state index is 0.944. The molecule has 1 saturated carbocycles. The Morgan fingerprint density at radius 3 is 2.38 bits per heavy atom. The third kappa shape index (κ3) is 1.92. The highest BCUT2D eigenvalue weighted by Gasteiger charge is 2.12. The maximum Gasteiger partial charge on any atom is 0.126 e. The van der Waals surface area contributed by atoms with Gasteiger partial charge in [-0.25, -0.2) is 0 Å². The van der Waals surface area contributed by atoms with Gasteiger partial charge in [-0.3, -0.25) is 0 Å². The molecule has 0 unspecified atom stereocenters. The minimum Gasteiger partial charge on any atom is -0.462 e. The molecule has 0 aliphatic heterocycles. The van der Waals surface area contributed by atoms with Crippen LogP contribution in [0.1, 0.15) is 26.2 Å². The molecule has 0 spiro atoms. The molecule has 2 rings (SSSR count). The van der Waals surface area contributed by atoms with Crippen molar-refractivity contribution >= 4 is 0 Å². The number of benzene rings is 1. The fraction of sp³-hybridized carbons (Fsp3) is 0.333. The Bertz CT molecular complexity index is 305. The van der Waals surface area contributed by atoms with E-state index in [1.807, 2.05) is 30.3 Å². The first-order valence-corrected chi connectivity index (χ1v) is 4.78. The maximum absolute atomic E-state index is 5.70. The van der Waals surface area contributed by atoms with E-state index in [0.29, 0.717) is 0 Å². The maximum atomic E-state index is 5.70. The van der Waals surface area contributed by atoms with Crippen LogP contribution in [-0.4, -0.2) is 0 Å². The first-order valence-electron chi connectivity index (χ1n) is 4.78. The fourth-order valence-corrected chi connectivity index (χ4v) is 1.44. The van der Waals surface area contributed by atoms with E-state index in [1.54, 1.807) is 0 Å². The molecule has 1 aliphatic rings. The monoisotopic (exact) mass is 174 g/mol. The highest BCUT2D eigenvalue weighted by atomic mass is 16.5. The van der Waals surface area contributed by atoms with E-state index in [9.17, 15) is 0 Å². The van der Waals surface area contributed by atoms with Gasteiger partial charge in [0.1, 0.15) is 11.5 Å². The van der Waals surface area contributed by atoms with E-state index in [2.05, 4.69) is 6.92 Å². The first kappa shape index (κ1) is 8.36. The summed E-state index contributed by atoms with van der Waals surface area (Å²) in [7, 11) is 0. The third-order valence-corrected chi connectivity index (χ3v) is 2.47. The Morgan fingerprint density at radius 1 is 1.15 bits per heavy atom. The molecule has 1 aromatic carbocycles. The summed E-state index contributed by atoms with van der Waals surface area (Å²) in [4.78, 5) is 0. The molecule has 13 heavy (non-hydrogen) atoms. The van der Waals surface area contributed by atoms with Crippen molar-refractivity contribution in [2.45, 2.75) is 26.2 Å². The molecular formula is C12H14O. The molecule has 1 fully saturated rings. The van der Waals surface area contributed by atoms with E-state index in [4.69, 9.17) is 4.74 Å². The molecule has 68 valence electrons. The van der Waals surface area contributed by atoms with Gasteiger partial charge in [0.15, 0.2) is 0 Å². The SMILES string of the molecule is CC(Oc1ccccc1)=C1CCC1. The lowest BCUT2D eigenvalue weighted by atomic mass is 9.91. The molecule has 0 saturated heterocycles. The molecule has 0 aromatic heterocycles. The Hall–Kier alpha value is -1.24. The minimum atomic E-state index is 0.944. The Labute approximate surface area is 79.0 Å². The van der Waals surface area contributed by atoms with Gasteiger partial charge < -0.3 is 4.74 Å². The van der Waals surface area contributed by atoms with Crippen LogP contribution in [0.2, 0.25) is 0 Å². The van der Waals surface area contributed by atoms with Gasteiger partial charge in [0, 0.05) is 0 Å². The van der Waals surface area contributed by atoms with Crippen LogP contribution in [0.15, 0.2) is 41.7 Å². The standard InChI is InChI=1S/C12H14O/c1-10(11-6-5-7-11)13-12-8-3-2-4-9-12/h2-4,8-9H,5-7H2,1H3. The second-order valence-electron chi connectivity index (χ2n) is 3.43. The average Bonchev–Trinajstić information content (AvgIpc) is 2.02. The summed E-state index contributed by atoms with van der Waals surface area (Å²) in [5, 5.41) is 0. The summed E-state index contributed by atoms with van der Waals surface area (Å²) in [6.07, 6.45) is 3.77. The number of para-hydroxylation sites is 1. The summed E-state index contributed by atoms with van der Waals surface area (Å²) >= 11 is 0. The summed E-state index contributed by atoms with van der Waals surface area (Å²) in [5.74, 6) is 2.04. The van der Waals surface area contributed by atoms with Gasteiger partial charge >= 0.3 is 0 Å². The number of rotatable bonds is 2. The third-order valence-electron chi connectivity index (χ3n) is 2.47. The van der Waals surface area contributed by atoms with Crippen molar-refractivity contribution in [1.82, 2.24) is 0 Å². The van der Waals surface area contributed by atoms with Gasteiger partial charge in [0.05, 0.1) is 0 Å². The Morgan fingerprint density at radius 2 is 1.85 bits per heavy atom. The lowest BCUT2D eigenvalue weighted by molar-refractivity contribution is 0.403. The Balaban J connectivity index is 2.06. The van der Waals surface area contributed by atoms with Gasteiger partial charge in [-0.05, 0) is 43.9 Å². The van der Waals surface area contributed by atoms with E-state index < -0.39 is 0 Å². The zero-order valence-corrected chi connectivity index (χ0v) is 7.92. The highest BCUT2D eigenvalue weighted by Crippen LogP contribution is 2.29. The van der Waals surface area contributed by atoms with Crippen molar-refractivity contribution in [1.29, 1.82) is 0 Å². The van der Waals surface area contributed by atoms with Crippen molar-refractivity contribution in [3.63, 3.8) is 0 Å². The molecule has 0 bridgehead atoms. The van der Waals surface area contributed by atoms with E-state index in [-0.39, 0.29) is 0 Å². The van der Waals surface area contributed by atoms with Gasteiger partial charge in [-0.1, -0.05) is 18.2 Å². The molecule has 1 aliphatic carbocycles.